The molecule has 0 aliphatic carbocycles. The Bertz CT molecular complexity index is 976. The van der Waals surface area contributed by atoms with Crippen LogP contribution in [-0.2, 0) is 11.2 Å². The van der Waals surface area contributed by atoms with Gasteiger partial charge in [-0.3, -0.25) is 9.59 Å². The Morgan fingerprint density at radius 2 is 1.92 bits per heavy atom. The van der Waals surface area contributed by atoms with Crippen LogP contribution in [0.1, 0.15) is 29.8 Å². The van der Waals surface area contributed by atoms with Crippen molar-refractivity contribution in [1.82, 2.24) is 9.97 Å². The van der Waals surface area contributed by atoms with E-state index in [9.17, 15) is 9.59 Å². The predicted molar refractivity (Wildman–Crippen MR) is 99.8 cm³/mol. The molecule has 0 atom stereocenters. The molecular formula is C20H21N3O2. The van der Waals surface area contributed by atoms with E-state index in [1.165, 1.54) is 0 Å². The number of H-pyrrole nitrogens is 1. The van der Waals surface area contributed by atoms with Crippen LogP contribution in [-0.4, -0.2) is 15.9 Å². The summed E-state index contributed by atoms with van der Waals surface area (Å²) in [6.07, 6.45) is 1.56. The van der Waals surface area contributed by atoms with Gasteiger partial charge in [0.2, 0.25) is 5.91 Å². The minimum absolute atomic E-state index is 0.0307. The summed E-state index contributed by atoms with van der Waals surface area (Å²) < 4.78 is 0. The summed E-state index contributed by atoms with van der Waals surface area (Å²) in [6, 6.07) is 13.1. The molecule has 0 spiro atoms. The van der Waals surface area contributed by atoms with Gasteiger partial charge in [0.1, 0.15) is 5.82 Å². The van der Waals surface area contributed by atoms with E-state index in [4.69, 9.17) is 0 Å². The lowest BCUT2D eigenvalue weighted by Gasteiger charge is -2.10. The first kappa shape index (κ1) is 16.9. The zero-order valence-electron chi connectivity index (χ0n) is 14.4. The summed E-state index contributed by atoms with van der Waals surface area (Å²) in [6.45, 7) is 4.02. The number of fused-ring (bicyclic) bond motifs is 1. The maximum absolute atomic E-state index is 12.1. The summed E-state index contributed by atoms with van der Waals surface area (Å²) in [5.41, 5.74) is 3.62. The Kier molecular flexibility index (Phi) is 4.93. The highest BCUT2D eigenvalue weighted by molar-refractivity contribution is 5.91. The van der Waals surface area contributed by atoms with Gasteiger partial charge in [-0.05, 0) is 49.6 Å². The van der Waals surface area contributed by atoms with Crippen LogP contribution in [0.25, 0.3) is 10.9 Å². The minimum atomic E-state index is -0.138. The molecule has 1 aromatic heterocycles. The fraction of sp³-hybridized carbons (Fsp3) is 0.250. The Morgan fingerprint density at radius 1 is 1.12 bits per heavy atom. The lowest BCUT2D eigenvalue weighted by Crippen LogP contribution is -2.14. The van der Waals surface area contributed by atoms with Crippen molar-refractivity contribution in [2.75, 3.05) is 5.32 Å². The number of nitrogens with zero attached hydrogens (tertiary/aromatic N) is 1. The number of aryl methyl sites for hydroxylation is 2. The summed E-state index contributed by atoms with van der Waals surface area (Å²) in [5, 5.41) is 3.53. The van der Waals surface area contributed by atoms with Crippen molar-refractivity contribution in [3.63, 3.8) is 0 Å². The number of benzene rings is 2. The van der Waals surface area contributed by atoms with Gasteiger partial charge in [-0.25, -0.2) is 4.98 Å². The fourth-order valence-corrected chi connectivity index (χ4v) is 2.77. The molecule has 0 bridgehead atoms. The van der Waals surface area contributed by atoms with Crippen molar-refractivity contribution in [3.8, 4) is 0 Å². The minimum Gasteiger partial charge on any atom is -0.326 e. The Hall–Kier alpha value is -2.95. The van der Waals surface area contributed by atoms with Gasteiger partial charge in [0.25, 0.3) is 5.56 Å². The standard InChI is InChI=1S/C20H21N3O2/c1-13-7-5-10-16(14(13)2)22-19(24)12-6-11-18-21-17-9-4-3-8-15(17)20(25)23-18/h3-5,7-10H,6,11-12H2,1-2H3,(H,22,24)(H,21,23,25). The number of amides is 1. The van der Waals surface area contributed by atoms with Crippen LogP contribution >= 0.6 is 0 Å². The van der Waals surface area contributed by atoms with Crippen LogP contribution < -0.4 is 10.9 Å². The van der Waals surface area contributed by atoms with Crippen LogP contribution in [0, 0.1) is 13.8 Å². The molecule has 128 valence electrons. The molecule has 1 amide bonds. The van der Waals surface area contributed by atoms with Crippen molar-refractivity contribution >= 4 is 22.5 Å². The quantitative estimate of drug-likeness (QED) is 0.749. The molecule has 5 nitrogen and oxygen atoms in total. The van der Waals surface area contributed by atoms with E-state index in [1.807, 2.05) is 50.2 Å². The van der Waals surface area contributed by atoms with Gasteiger partial charge in [0, 0.05) is 18.5 Å². The van der Waals surface area contributed by atoms with Crippen molar-refractivity contribution in [1.29, 1.82) is 0 Å². The van der Waals surface area contributed by atoms with Gasteiger partial charge < -0.3 is 10.3 Å². The molecule has 0 unspecified atom stereocenters. The maximum atomic E-state index is 12.1. The van der Waals surface area contributed by atoms with Crippen LogP contribution in [0.5, 0.6) is 0 Å². The fourth-order valence-electron chi connectivity index (χ4n) is 2.77. The van der Waals surface area contributed by atoms with Crippen molar-refractivity contribution in [2.45, 2.75) is 33.1 Å². The van der Waals surface area contributed by atoms with Gasteiger partial charge in [-0.1, -0.05) is 24.3 Å². The van der Waals surface area contributed by atoms with E-state index in [2.05, 4.69) is 15.3 Å². The average Bonchev–Trinajstić information content (AvgIpc) is 2.59. The number of carbonyl (C=O) groups excluding carboxylic acids is 1. The number of para-hydroxylation sites is 1. The normalized spacial score (nSPS) is 10.8. The summed E-state index contributed by atoms with van der Waals surface area (Å²) in [7, 11) is 0. The molecule has 0 saturated heterocycles. The number of hydrogen-bond donors (Lipinski definition) is 2. The van der Waals surface area contributed by atoms with Gasteiger partial charge in [0.15, 0.2) is 0 Å². The number of hydrogen-bond acceptors (Lipinski definition) is 3. The van der Waals surface area contributed by atoms with Crippen LogP contribution in [0.3, 0.4) is 0 Å². The lowest BCUT2D eigenvalue weighted by atomic mass is 10.1. The van der Waals surface area contributed by atoms with Crippen LogP contribution in [0.4, 0.5) is 5.69 Å². The summed E-state index contributed by atoms with van der Waals surface area (Å²) >= 11 is 0. The average molecular weight is 335 g/mol. The first-order valence-corrected chi connectivity index (χ1v) is 8.38. The SMILES string of the molecule is Cc1cccc(NC(=O)CCCc2nc3ccccc3c(=O)[nH]2)c1C. The van der Waals surface area contributed by atoms with Crippen molar-refractivity contribution < 1.29 is 4.79 Å². The molecule has 3 rings (SSSR count). The molecule has 0 fully saturated rings. The molecule has 0 aliphatic rings. The number of rotatable bonds is 5. The van der Waals surface area contributed by atoms with Gasteiger partial charge >= 0.3 is 0 Å². The zero-order valence-corrected chi connectivity index (χ0v) is 14.4. The second-order valence-corrected chi connectivity index (χ2v) is 6.18. The van der Waals surface area contributed by atoms with E-state index in [1.54, 1.807) is 6.07 Å². The maximum Gasteiger partial charge on any atom is 0.258 e. The molecular weight excluding hydrogens is 314 g/mol. The molecule has 5 heteroatoms. The van der Waals surface area contributed by atoms with E-state index in [0.29, 0.717) is 36.0 Å². The second-order valence-electron chi connectivity index (χ2n) is 6.18. The number of anilines is 1. The third-order valence-corrected chi connectivity index (χ3v) is 4.36. The summed E-state index contributed by atoms with van der Waals surface area (Å²) in [5.74, 6) is 0.583. The van der Waals surface area contributed by atoms with E-state index < -0.39 is 0 Å². The topological polar surface area (TPSA) is 74.8 Å². The molecule has 0 radical (unpaired) electrons. The number of carbonyl (C=O) groups is 1. The zero-order chi connectivity index (χ0) is 17.8. The number of aromatic amines is 1. The molecule has 25 heavy (non-hydrogen) atoms. The first-order valence-electron chi connectivity index (χ1n) is 8.38. The van der Waals surface area contributed by atoms with Crippen LogP contribution in [0.2, 0.25) is 0 Å². The van der Waals surface area contributed by atoms with E-state index in [-0.39, 0.29) is 11.5 Å². The second kappa shape index (κ2) is 7.30. The highest BCUT2D eigenvalue weighted by Gasteiger charge is 2.08. The lowest BCUT2D eigenvalue weighted by molar-refractivity contribution is -0.116. The number of aromatic nitrogens is 2. The number of nitrogens with one attached hydrogen (secondary N) is 2. The monoisotopic (exact) mass is 335 g/mol. The Balaban J connectivity index is 1.60. The van der Waals surface area contributed by atoms with Crippen LogP contribution in [0.15, 0.2) is 47.3 Å². The molecule has 3 aromatic rings. The highest BCUT2D eigenvalue weighted by atomic mass is 16.1. The van der Waals surface area contributed by atoms with Gasteiger partial charge in [-0.2, -0.15) is 0 Å². The molecule has 2 aromatic carbocycles. The third kappa shape index (κ3) is 3.94. The van der Waals surface area contributed by atoms with Crippen molar-refractivity contribution in [3.05, 3.63) is 69.8 Å². The third-order valence-electron chi connectivity index (χ3n) is 4.36. The first-order chi connectivity index (χ1) is 12.0. The van der Waals surface area contributed by atoms with Gasteiger partial charge in [-0.15, -0.1) is 0 Å². The molecule has 0 saturated carbocycles. The largest absolute Gasteiger partial charge is 0.326 e. The van der Waals surface area contributed by atoms with Gasteiger partial charge in [0.05, 0.1) is 10.9 Å². The Morgan fingerprint density at radius 3 is 2.76 bits per heavy atom. The highest BCUT2D eigenvalue weighted by Crippen LogP contribution is 2.18. The smallest absolute Gasteiger partial charge is 0.258 e. The molecule has 0 aliphatic heterocycles. The van der Waals surface area contributed by atoms with Crippen molar-refractivity contribution in [2.24, 2.45) is 0 Å². The Labute approximate surface area is 146 Å². The molecule has 2 N–H and O–H groups in total. The summed E-state index contributed by atoms with van der Waals surface area (Å²) in [4.78, 5) is 31.4. The predicted octanol–water partition coefficient (Wildman–Crippen LogP) is 3.50. The molecule has 1 heterocycles. The van der Waals surface area contributed by atoms with E-state index in [0.717, 1.165) is 16.8 Å². The van der Waals surface area contributed by atoms with E-state index >= 15 is 0 Å².